The molecule has 0 aliphatic heterocycles. The molecule has 0 saturated heterocycles. The highest BCUT2D eigenvalue weighted by molar-refractivity contribution is 5.73. The van der Waals surface area contributed by atoms with Gasteiger partial charge in [-0.1, -0.05) is 54.6 Å². The van der Waals surface area contributed by atoms with Crippen LogP contribution in [0, 0.1) is 18.3 Å². The quantitative estimate of drug-likeness (QED) is 0.278. The first kappa shape index (κ1) is 26.7. The SMILES string of the molecule is Cc1c(COc2ccc(CN[C@H](CO)C(=O)O)c(OCCCCC#N)c2)cccc1-c1ccccc1. The van der Waals surface area contributed by atoms with Crippen LogP contribution in [0.4, 0.5) is 0 Å². The number of aliphatic hydroxyl groups is 1. The van der Waals surface area contributed by atoms with E-state index in [-0.39, 0.29) is 6.54 Å². The normalized spacial score (nSPS) is 11.5. The van der Waals surface area contributed by atoms with E-state index < -0.39 is 18.6 Å². The van der Waals surface area contributed by atoms with Crippen LogP contribution in [0.5, 0.6) is 11.5 Å². The summed E-state index contributed by atoms with van der Waals surface area (Å²) in [5.41, 5.74) is 5.31. The molecular weight excluding hydrogens is 456 g/mol. The number of benzene rings is 3. The van der Waals surface area contributed by atoms with Crippen LogP contribution in [0.15, 0.2) is 66.7 Å². The Kier molecular flexibility index (Phi) is 10.3. The molecule has 0 radical (unpaired) electrons. The number of hydrogen-bond donors (Lipinski definition) is 3. The van der Waals surface area contributed by atoms with Gasteiger partial charge in [0.15, 0.2) is 0 Å². The van der Waals surface area contributed by atoms with E-state index in [0.29, 0.717) is 31.1 Å². The predicted octanol–water partition coefficient (Wildman–Crippen LogP) is 4.85. The Morgan fingerprint density at radius 2 is 1.83 bits per heavy atom. The van der Waals surface area contributed by atoms with Gasteiger partial charge in [0.05, 0.1) is 19.3 Å². The molecule has 1 atom stereocenters. The third kappa shape index (κ3) is 7.57. The second-order valence-corrected chi connectivity index (χ2v) is 8.43. The maximum Gasteiger partial charge on any atom is 0.323 e. The standard InChI is InChI=1S/C29H32N2O5/c1-21-24(11-8-12-26(21)22-9-4-2-5-10-22)20-36-25-14-13-23(18-31-27(19-32)29(33)34)28(17-25)35-16-7-3-6-15-30/h2,4-5,8-14,17,27,31-32H,3,6-7,16,18-20H2,1H3,(H,33,34)/t27-/m1/s1. The van der Waals surface area contributed by atoms with Crippen molar-refractivity contribution < 1.29 is 24.5 Å². The molecule has 0 fully saturated rings. The average Bonchev–Trinajstić information content (AvgIpc) is 2.89. The number of rotatable bonds is 14. The highest BCUT2D eigenvalue weighted by Crippen LogP contribution is 2.29. The minimum absolute atomic E-state index is 0.212. The van der Waals surface area contributed by atoms with E-state index in [1.54, 1.807) is 6.07 Å². The molecule has 0 aliphatic rings. The number of hydrogen-bond acceptors (Lipinski definition) is 6. The van der Waals surface area contributed by atoms with Crippen LogP contribution < -0.4 is 14.8 Å². The summed E-state index contributed by atoms with van der Waals surface area (Å²) in [6.07, 6.45) is 1.94. The molecule has 188 valence electrons. The van der Waals surface area contributed by atoms with Gasteiger partial charge in [0.25, 0.3) is 0 Å². The molecule has 0 heterocycles. The number of ether oxygens (including phenoxy) is 2. The van der Waals surface area contributed by atoms with E-state index in [1.807, 2.05) is 42.5 Å². The molecule has 0 amide bonds. The number of nitrogens with one attached hydrogen (secondary N) is 1. The maximum absolute atomic E-state index is 11.2. The van der Waals surface area contributed by atoms with Crippen molar-refractivity contribution >= 4 is 5.97 Å². The Labute approximate surface area is 211 Å². The summed E-state index contributed by atoms with van der Waals surface area (Å²) >= 11 is 0. The van der Waals surface area contributed by atoms with E-state index in [0.717, 1.165) is 40.7 Å². The second kappa shape index (κ2) is 13.9. The topological polar surface area (TPSA) is 112 Å². The van der Waals surface area contributed by atoms with Gasteiger partial charge in [-0.05, 0) is 48.1 Å². The third-order valence-electron chi connectivity index (χ3n) is 5.92. The fourth-order valence-electron chi connectivity index (χ4n) is 3.79. The van der Waals surface area contributed by atoms with Crippen molar-refractivity contribution in [3.05, 3.63) is 83.4 Å². The largest absolute Gasteiger partial charge is 0.493 e. The number of aliphatic hydroxyl groups excluding tert-OH is 1. The fraction of sp³-hybridized carbons (Fsp3) is 0.310. The molecule has 0 aromatic heterocycles. The summed E-state index contributed by atoms with van der Waals surface area (Å²) in [7, 11) is 0. The van der Waals surface area contributed by atoms with Crippen LogP contribution in [0.2, 0.25) is 0 Å². The van der Waals surface area contributed by atoms with Crippen LogP contribution in [-0.2, 0) is 17.9 Å². The number of nitrogens with zero attached hydrogens (tertiary/aromatic N) is 1. The Balaban J connectivity index is 1.73. The lowest BCUT2D eigenvalue weighted by Gasteiger charge is -2.17. The van der Waals surface area contributed by atoms with Crippen LogP contribution in [-0.4, -0.2) is 35.4 Å². The highest BCUT2D eigenvalue weighted by Gasteiger charge is 2.17. The lowest BCUT2D eigenvalue weighted by molar-refractivity contribution is -0.140. The Bertz CT molecular complexity index is 1170. The van der Waals surface area contributed by atoms with Crippen molar-refractivity contribution in [3.63, 3.8) is 0 Å². The van der Waals surface area contributed by atoms with E-state index in [2.05, 4.69) is 36.5 Å². The van der Waals surface area contributed by atoms with Gasteiger partial charge in [-0.25, -0.2) is 0 Å². The number of carboxylic acid groups (broad SMARTS) is 1. The summed E-state index contributed by atoms with van der Waals surface area (Å²) in [6.45, 7) is 2.60. The maximum atomic E-state index is 11.2. The van der Waals surface area contributed by atoms with Crippen LogP contribution in [0.1, 0.15) is 36.0 Å². The smallest absolute Gasteiger partial charge is 0.323 e. The van der Waals surface area contributed by atoms with Gasteiger partial charge in [0, 0.05) is 24.6 Å². The number of nitriles is 1. The molecule has 7 heteroatoms. The summed E-state index contributed by atoms with van der Waals surface area (Å²) < 4.78 is 12.1. The lowest BCUT2D eigenvalue weighted by Crippen LogP contribution is -2.39. The fourth-order valence-corrected chi connectivity index (χ4v) is 3.79. The van der Waals surface area contributed by atoms with Crippen molar-refractivity contribution in [1.82, 2.24) is 5.32 Å². The molecule has 0 aliphatic carbocycles. The number of carboxylic acids is 1. The van der Waals surface area contributed by atoms with E-state index >= 15 is 0 Å². The second-order valence-electron chi connectivity index (χ2n) is 8.43. The van der Waals surface area contributed by atoms with E-state index in [9.17, 15) is 15.0 Å². The van der Waals surface area contributed by atoms with Crippen molar-refractivity contribution in [2.24, 2.45) is 0 Å². The summed E-state index contributed by atoms with van der Waals surface area (Å²) in [5, 5.41) is 30.0. The Hall–Kier alpha value is -3.86. The van der Waals surface area contributed by atoms with Crippen molar-refractivity contribution in [1.29, 1.82) is 5.26 Å². The molecule has 3 N–H and O–H groups in total. The highest BCUT2D eigenvalue weighted by atomic mass is 16.5. The van der Waals surface area contributed by atoms with Gasteiger partial charge in [-0.2, -0.15) is 5.26 Å². The Morgan fingerprint density at radius 3 is 2.56 bits per heavy atom. The van der Waals surface area contributed by atoms with Crippen molar-refractivity contribution in [3.8, 4) is 28.7 Å². The average molecular weight is 489 g/mol. The van der Waals surface area contributed by atoms with Gasteiger partial charge in [-0.3, -0.25) is 10.1 Å². The van der Waals surface area contributed by atoms with Gasteiger partial charge in [0.2, 0.25) is 0 Å². The summed E-state index contributed by atoms with van der Waals surface area (Å²) in [5.74, 6) is 0.0885. The molecule has 3 rings (SSSR count). The first-order chi connectivity index (χ1) is 17.5. The van der Waals surface area contributed by atoms with Crippen molar-refractivity contribution in [2.45, 2.75) is 45.4 Å². The zero-order valence-corrected chi connectivity index (χ0v) is 20.4. The first-order valence-corrected chi connectivity index (χ1v) is 12.0. The van der Waals surface area contributed by atoms with Crippen LogP contribution in [0.25, 0.3) is 11.1 Å². The van der Waals surface area contributed by atoms with Gasteiger partial charge >= 0.3 is 5.97 Å². The van der Waals surface area contributed by atoms with Crippen LogP contribution >= 0.6 is 0 Å². The zero-order chi connectivity index (χ0) is 25.8. The number of aliphatic carboxylic acids is 1. The summed E-state index contributed by atoms with van der Waals surface area (Å²) in [6, 6.07) is 22.9. The number of carbonyl (C=O) groups is 1. The van der Waals surface area contributed by atoms with Gasteiger partial charge in [-0.15, -0.1) is 0 Å². The molecule has 0 bridgehead atoms. The van der Waals surface area contributed by atoms with E-state index in [1.165, 1.54) is 0 Å². The lowest BCUT2D eigenvalue weighted by atomic mass is 9.97. The molecule has 0 spiro atoms. The zero-order valence-electron chi connectivity index (χ0n) is 20.4. The monoisotopic (exact) mass is 488 g/mol. The molecule has 0 saturated carbocycles. The minimum Gasteiger partial charge on any atom is -0.493 e. The third-order valence-corrected chi connectivity index (χ3v) is 5.92. The van der Waals surface area contributed by atoms with Gasteiger partial charge in [0.1, 0.15) is 24.1 Å². The van der Waals surface area contributed by atoms with Gasteiger partial charge < -0.3 is 19.7 Å². The minimum atomic E-state index is -1.12. The Morgan fingerprint density at radius 1 is 1.03 bits per heavy atom. The molecular formula is C29H32N2O5. The van der Waals surface area contributed by atoms with Crippen molar-refractivity contribution in [2.75, 3.05) is 13.2 Å². The van der Waals surface area contributed by atoms with Crippen LogP contribution in [0.3, 0.4) is 0 Å². The molecule has 7 nitrogen and oxygen atoms in total. The first-order valence-electron chi connectivity index (χ1n) is 12.0. The number of unbranched alkanes of at least 4 members (excludes halogenated alkanes) is 2. The molecule has 0 unspecified atom stereocenters. The van der Waals surface area contributed by atoms with E-state index in [4.69, 9.17) is 14.7 Å². The predicted molar refractivity (Wildman–Crippen MR) is 138 cm³/mol. The molecule has 3 aromatic rings. The molecule has 3 aromatic carbocycles. The summed E-state index contributed by atoms with van der Waals surface area (Å²) in [4.78, 5) is 11.2. The molecule has 36 heavy (non-hydrogen) atoms.